The van der Waals surface area contributed by atoms with Crippen molar-refractivity contribution < 1.29 is 14.8 Å². The number of hydroxylamine groups is 1. The fraction of sp³-hybridized carbons (Fsp3) is 0.200. The van der Waals surface area contributed by atoms with Gasteiger partial charge in [0.1, 0.15) is 6.04 Å². The molecule has 1 aromatic heterocycles. The molecule has 0 aliphatic carbocycles. The van der Waals surface area contributed by atoms with E-state index in [2.05, 4.69) is 5.32 Å². The zero-order valence-electron chi connectivity index (χ0n) is 11.9. The zero-order chi connectivity index (χ0) is 16.1. The number of thiophene rings is 1. The molecule has 2 atom stereocenters. The molecule has 5 N–H and O–H groups in total. The van der Waals surface area contributed by atoms with E-state index < -0.39 is 23.9 Å². The lowest BCUT2D eigenvalue weighted by atomic mass is 10.1. The van der Waals surface area contributed by atoms with Gasteiger partial charge >= 0.3 is 0 Å². The van der Waals surface area contributed by atoms with Gasteiger partial charge in [0.15, 0.2) is 0 Å². The number of hydrogen-bond acceptors (Lipinski definition) is 5. The molecule has 7 heteroatoms. The van der Waals surface area contributed by atoms with E-state index in [4.69, 9.17) is 10.9 Å². The summed E-state index contributed by atoms with van der Waals surface area (Å²) in [5.74, 6) is -1.18. The largest absolute Gasteiger partial charge is 0.339 e. The Balaban J connectivity index is 2.11. The van der Waals surface area contributed by atoms with E-state index in [-0.39, 0.29) is 0 Å². The summed E-state index contributed by atoms with van der Waals surface area (Å²) in [6, 6.07) is 9.36. The van der Waals surface area contributed by atoms with Crippen molar-refractivity contribution in [1.29, 1.82) is 0 Å². The molecular formula is C15H17N3O3S. The van der Waals surface area contributed by atoms with Gasteiger partial charge in [-0.05, 0) is 36.1 Å². The third-order valence-corrected chi connectivity index (χ3v) is 4.08. The first-order valence-electron chi connectivity index (χ1n) is 6.67. The van der Waals surface area contributed by atoms with E-state index in [1.165, 1.54) is 5.48 Å². The Hall–Kier alpha value is -2.22. The highest BCUT2D eigenvalue weighted by Crippen LogP contribution is 2.24. The van der Waals surface area contributed by atoms with Crippen LogP contribution >= 0.6 is 11.3 Å². The highest BCUT2D eigenvalue weighted by atomic mass is 32.1. The summed E-state index contributed by atoms with van der Waals surface area (Å²) in [5, 5.41) is 13.2. The second-order valence-electron chi connectivity index (χ2n) is 4.84. The van der Waals surface area contributed by atoms with E-state index in [9.17, 15) is 9.59 Å². The molecule has 0 radical (unpaired) electrons. The lowest BCUT2D eigenvalue weighted by molar-refractivity contribution is -0.131. The van der Waals surface area contributed by atoms with Crippen LogP contribution in [0.4, 0.5) is 0 Å². The SMILES string of the molecule is C[C@@H](N)[C@H](NC(=O)c1ccc(-c2cccs2)cc1)C(=O)NO. The first kappa shape index (κ1) is 16.2. The van der Waals surface area contributed by atoms with Gasteiger partial charge in [-0.1, -0.05) is 18.2 Å². The maximum absolute atomic E-state index is 12.2. The highest BCUT2D eigenvalue weighted by molar-refractivity contribution is 7.13. The Labute approximate surface area is 131 Å². The van der Waals surface area contributed by atoms with Gasteiger partial charge < -0.3 is 11.1 Å². The van der Waals surface area contributed by atoms with Gasteiger partial charge in [-0.3, -0.25) is 14.8 Å². The molecule has 0 bridgehead atoms. The minimum absolute atomic E-state index is 0.414. The number of hydrogen-bond donors (Lipinski definition) is 4. The van der Waals surface area contributed by atoms with Crippen LogP contribution in [0.1, 0.15) is 17.3 Å². The van der Waals surface area contributed by atoms with Crippen molar-refractivity contribution in [1.82, 2.24) is 10.8 Å². The maximum atomic E-state index is 12.2. The van der Waals surface area contributed by atoms with E-state index in [1.54, 1.807) is 30.4 Å². The van der Waals surface area contributed by atoms with Gasteiger partial charge in [-0.25, -0.2) is 5.48 Å². The smallest absolute Gasteiger partial charge is 0.267 e. The quantitative estimate of drug-likeness (QED) is 0.493. The molecule has 0 saturated carbocycles. The number of amides is 2. The monoisotopic (exact) mass is 319 g/mol. The van der Waals surface area contributed by atoms with Crippen molar-refractivity contribution in [3.8, 4) is 10.4 Å². The van der Waals surface area contributed by atoms with Crippen molar-refractivity contribution in [3.05, 3.63) is 47.3 Å². The highest BCUT2D eigenvalue weighted by Gasteiger charge is 2.24. The molecule has 22 heavy (non-hydrogen) atoms. The van der Waals surface area contributed by atoms with Crippen molar-refractivity contribution in [2.45, 2.75) is 19.0 Å². The summed E-state index contributed by atoms with van der Waals surface area (Å²) in [6.07, 6.45) is 0. The van der Waals surface area contributed by atoms with Crippen molar-refractivity contribution >= 4 is 23.2 Å². The Kier molecular flexibility index (Phi) is 5.26. The molecule has 0 spiro atoms. The number of carbonyl (C=O) groups excluding carboxylic acids is 2. The fourth-order valence-electron chi connectivity index (χ4n) is 1.96. The molecule has 6 nitrogen and oxygen atoms in total. The van der Waals surface area contributed by atoms with Crippen molar-refractivity contribution in [3.63, 3.8) is 0 Å². The second kappa shape index (κ2) is 7.17. The van der Waals surface area contributed by atoms with Crippen LogP contribution in [0.3, 0.4) is 0 Å². The summed E-state index contributed by atoms with van der Waals surface area (Å²) >= 11 is 1.61. The first-order chi connectivity index (χ1) is 10.5. The van der Waals surface area contributed by atoms with Crippen molar-refractivity contribution in [2.75, 3.05) is 0 Å². The third-order valence-electron chi connectivity index (χ3n) is 3.16. The van der Waals surface area contributed by atoms with Gasteiger partial charge in [0.05, 0.1) is 0 Å². The van der Waals surface area contributed by atoms with Gasteiger partial charge in [-0.2, -0.15) is 0 Å². The van der Waals surface area contributed by atoms with E-state index in [0.717, 1.165) is 10.4 Å². The fourth-order valence-corrected chi connectivity index (χ4v) is 2.69. The van der Waals surface area contributed by atoms with Gasteiger partial charge in [-0.15, -0.1) is 11.3 Å². The Bertz CT molecular complexity index is 639. The molecule has 1 aromatic carbocycles. The Morgan fingerprint density at radius 1 is 1.23 bits per heavy atom. The summed E-state index contributed by atoms with van der Waals surface area (Å²) in [6.45, 7) is 1.57. The normalized spacial score (nSPS) is 13.2. The van der Waals surface area contributed by atoms with E-state index in [0.29, 0.717) is 5.56 Å². The van der Waals surface area contributed by atoms with Crippen LogP contribution < -0.4 is 16.5 Å². The molecule has 1 heterocycles. The molecular weight excluding hydrogens is 302 g/mol. The lowest BCUT2D eigenvalue weighted by Gasteiger charge is -2.20. The van der Waals surface area contributed by atoms with Gasteiger partial charge in [0, 0.05) is 16.5 Å². The van der Waals surface area contributed by atoms with Crippen LogP contribution in [0.25, 0.3) is 10.4 Å². The molecule has 2 aromatic rings. The number of carbonyl (C=O) groups is 2. The number of nitrogens with two attached hydrogens (primary N) is 1. The number of benzene rings is 1. The molecule has 0 saturated heterocycles. The number of nitrogens with one attached hydrogen (secondary N) is 2. The van der Waals surface area contributed by atoms with Crippen LogP contribution in [0, 0.1) is 0 Å². The lowest BCUT2D eigenvalue weighted by Crippen LogP contribution is -2.54. The van der Waals surface area contributed by atoms with Crippen LogP contribution in [-0.4, -0.2) is 29.1 Å². The molecule has 0 aliphatic rings. The predicted molar refractivity (Wildman–Crippen MR) is 84.6 cm³/mol. The first-order valence-corrected chi connectivity index (χ1v) is 7.55. The topological polar surface area (TPSA) is 104 Å². The average molecular weight is 319 g/mol. The number of rotatable bonds is 5. The van der Waals surface area contributed by atoms with Gasteiger partial charge in [0.25, 0.3) is 11.8 Å². The molecule has 0 aliphatic heterocycles. The second-order valence-corrected chi connectivity index (χ2v) is 5.79. The summed E-state index contributed by atoms with van der Waals surface area (Å²) in [5.41, 5.74) is 8.57. The van der Waals surface area contributed by atoms with Crippen LogP contribution in [0.2, 0.25) is 0 Å². The standard InChI is InChI=1S/C15H17N3O3S/c1-9(16)13(15(20)18-21)17-14(19)11-6-4-10(5-7-11)12-3-2-8-22-12/h2-9,13,21H,16H2,1H3,(H,17,19)(H,18,20)/t9-,13+/m1/s1. The minimum Gasteiger partial charge on any atom is -0.339 e. The molecule has 116 valence electrons. The predicted octanol–water partition coefficient (Wildman–Crippen LogP) is 1.37. The van der Waals surface area contributed by atoms with E-state index >= 15 is 0 Å². The third kappa shape index (κ3) is 3.70. The molecule has 2 amide bonds. The minimum atomic E-state index is -1.01. The molecule has 0 unspecified atom stereocenters. The average Bonchev–Trinajstić information content (AvgIpc) is 3.06. The van der Waals surface area contributed by atoms with Crippen LogP contribution in [-0.2, 0) is 4.79 Å². The van der Waals surface area contributed by atoms with Gasteiger partial charge in [0.2, 0.25) is 0 Å². The maximum Gasteiger partial charge on any atom is 0.267 e. The Morgan fingerprint density at radius 3 is 2.41 bits per heavy atom. The zero-order valence-corrected chi connectivity index (χ0v) is 12.8. The van der Waals surface area contributed by atoms with Crippen LogP contribution in [0.5, 0.6) is 0 Å². The van der Waals surface area contributed by atoms with Crippen LogP contribution in [0.15, 0.2) is 41.8 Å². The van der Waals surface area contributed by atoms with E-state index in [1.807, 2.05) is 29.6 Å². The Morgan fingerprint density at radius 2 is 1.91 bits per heavy atom. The summed E-state index contributed by atoms with van der Waals surface area (Å²) in [7, 11) is 0. The van der Waals surface area contributed by atoms with Crippen molar-refractivity contribution in [2.24, 2.45) is 5.73 Å². The summed E-state index contributed by atoms with van der Waals surface area (Å²) in [4.78, 5) is 24.7. The summed E-state index contributed by atoms with van der Waals surface area (Å²) < 4.78 is 0. The molecule has 2 rings (SSSR count). The molecule has 0 fully saturated rings.